The third-order valence-corrected chi connectivity index (χ3v) is 3.55. The first-order chi connectivity index (χ1) is 9.52. The predicted molar refractivity (Wildman–Crippen MR) is 83.5 cm³/mol. The molecule has 3 rings (SSSR count). The molecule has 0 aromatic heterocycles. The van der Waals surface area contributed by atoms with Gasteiger partial charge in [0.2, 0.25) is 0 Å². The zero-order valence-corrected chi connectivity index (χ0v) is 12.2. The van der Waals surface area contributed by atoms with E-state index in [9.17, 15) is 0 Å². The summed E-state index contributed by atoms with van der Waals surface area (Å²) in [7, 11) is 0. The fourth-order valence-corrected chi connectivity index (χ4v) is 2.30. The summed E-state index contributed by atoms with van der Waals surface area (Å²) in [5.41, 5.74) is 3.76. The van der Waals surface area contributed by atoms with E-state index in [0.717, 1.165) is 23.6 Å². The molecular weight excluding hydrogens is 246 g/mol. The highest BCUT2D eigenvalue weighted by Gasteiger charge is 2.13. The number of nitrogens with zero attached hydrogens (tertiary/aromatic N) is 1. The lowest BCUT2D eigenvalue weighted by Crippen LogP contribution is -2.10. The van der Waals surface area contributed by atoms with Crippen molar-refractivity contribution in [2.75, 3.05) is 0 Å². The van der Waals surface area contributed by atoms with Crippen LogP contribution in [-0.2, 0) is 11.8 Å². The number of hydrogen-bond acceptors (Lipinski definition) is 2. The fourth-order valence-electron chi connectivity index (χ4n) is 2.30. The van der Waals surface area contributed by atoms with Gasteiger partial charge in [0.15, 0.2) is 0 Å². The minimum absolute atomic E-state index is 0.167. The maximum atomic E-state index is 5.90. The number of benzene rings is 2. The summed E-state index contributed by atoms with van der Waals surface area (Å²) in [6.07, 6.45) is 2.86. The minimum atomic E-state index is 0.167. The van der Waals surface area contributed by atoms with Gasteiger partial charge in [0.25, 0.3) is 0 Å². The lowest BCUT2D eigenvalue weighted by atomic mass is 9.87. The Bertz CT molecular complexity index is 648. The maximum Gasteiger partial charge on any atom is 0.129 e. The van der Waals surface area contributed by atoms with E-state index < -0.39 is 0 Å². The molecule has 0 unspecified atom stereocenters. The molecule has 0 aliphatic carbocycles. The second-order valence-electron chi connectivity index (χ2n) is 6.18. The van der Waals surface area contributed by atoms with Gasteiger partial charge < -0.3 is 4.74 Å². The molecule has 0 saturated heterocycles. The monoisotopic (exact) mass is 265 g/mol. The second-order valence-corrected chi connectivity index (χ2v) is 6.18. The van der Waals surface area contributed by atoms with Crippen LogP contribution in [0, 0.1) is 0 Å². The molecule has 2 nitrogen and oxygen atoms in total. The Hall–Kier alpha value is -2.09. The fraction of sp³-hybridized carbons (Fsp3) is 0.278. The summed E-state index contributed by atoms with van der Waals surface area (Å²) < 4.78 is 5.90. The van der Waals surface area contributed by atoms with Crippen LogP contribution in [0.15, 0.2) is 47.5 Å². The molecule has 0 fully saturated rings. The summed E-state index contributed by atoms with van der Waals surface area (Å²) in [5.74, 6) is 1.70. The first-order valence-electron chi connectivity index (χ1n) is 6.96. The lowest BCUT2D eigenvalue weighted by molar-refractivity contribution is 0.481. The van der Waals surface area contributed by atoms with Crippen molar-refractivity contribution in [3.05, 3.63) is 53.6 Å². The normalized spacial score (nSPS) is 13.3. The third kappa shape index (κ3) is 2.60. The Morgan fingerprint density at radius 2 is 1.65 bits per heavy atom. The topological polar surface area (TPSA) is 21.6 Å². The van der Waals surface area contributed by atoms with Gasteiger partial charge >= 0.3 is 0 Å². The Morgan fingerprint density at radius 3 is 2.35 bits per heavy atom. The van der Waals surface area contributed by atoms with E-state index in [2.05, 4.69) is 44.0 Å². The van der Waals surface area contributed by atoms with E-state index in [-0.39, 0.29) is 5.41 Å². The van der Waals surface area contributed by atoms with Crippen LogP contribution in [0.1, 0.15) is 31.9 Å². The summed E-state index contributed by atoms with van der Waals surface area (Å²) in [5, 5.41) is 0. The first-order valence-corrected chi connectivity index (χ1v) is 6.96. The molecule has 0 amide bonds. The highest BCUT2D eigenvalue weighted by atomic mass is 16.5. The molecule has 2 aromatic carbocycles. The Balaban J connectivity index is 1.79. The van der Waals surface area contributed by atoms with E-state index in [0.29, 0.717) is 0 Å². The van der Waals surface area contributed by atoms with Crippen LogP contribution in [0.25, 0.3) is 0 Å². The molecule has 0 saturated carbocycles. The van der Waals surface area contributed by atoms with E-state index in [1.807, 2.05) is 30.5 Å². The van der Waals surface area contributed by atoms with Gasteiger partial charge in [-0.25, -0.2) is 0 Å². The zero-order valence-electron chi connectivity index (χ0n) is 12.2. The molecule has 0 atom stereocenters. The van der Waals surface area contributed by atoms with Crippen LogP contribution in [0.3, 0.4) is 0 Å². The zero-order chi connectivity index (χ0) is 14.2. The molecule has 0 N–H and O–H groups in total. The number of hydrogen-bond donors (Lipinski definition) is 0. The summed E-state index contributed by atoms with van der Waals surface area (Å²) in [6.45, 7) is 6.63. The van der Waals surface area contributed by atoms with Crippen LogP contribution in [0.5, 0.6) is 11.5 Å². The molecular formula is C18H19NO. The predicted octanol–water partition coefficient (Wildman–Crippen LogP) is 5.03. The van der Waals surface area contributed by atoms with E-state index in [4.69, 9.17) is 4.74 Å². The number of ether oxygens (including phenoxy) is 1. The van der Waals surface area contributed by atoms with E-state index in [1.165, 1.54) is 11.1 Å². The molecule has 1 heterocycles. The number of fused-ring (bicyclic) bond motifs is 1. The molecule has 102 valence electrons. The highest BCUT2D eigenvalue weighted by molar-refractivity contribution is 5.76. The Morgan fingerprint density at radius 1 is 0.950 bits per heavy atom. The van der Waals surface area contributed by atoms with Crippen molar-refractivity contribution in [1.82, 2.24) is 0 Å². The van der Waals surface area contributed by atoms with Crippen molar-refractivity contribution in [1.29, 1.82) is 0 Å². The number of aliphatic imine (C=N–C) groups is 1. The molecule has 0 radical (unpaired) electrons. The molecule has 2 aromatic rings. The minimum Gasteiger partial charge on any atom is -0.457 e. The average molecular weight is 265 g/mol. The highest BCUT2D eigenvalue weighted by Crippen LogP contribution is 2.32. The Labute approximate surface area is 120 Å². The van der Waals surface area contributed by atoms with Crippen molar-refractivity contribution < 1.29 is 4.74 Å². The van der Waals surface area contributed by atoms with E-state index >= 15 is 0 Å². The van der Waals surface area contributed by atoms with Gasteiger partial charge in [-0.1, -0.05) is 39.0 Å². The SMILES string of the molecule is CC(C)(C)c1ccc(Oc2ccc3c(c2)N=CC3)cc1. The van der Waals surface area contributed by atoms with Gasteiger partial charge in [-0.3, -0.25) is 4.99 Å². The van der Waals surface area contributed by atoms with Crippen LogP contribution in [0.4, 0.5) is 5.69 Å². The molecule has 0 bridgehead atoms. The number of rotatable bonds is 2. The quantitative estimate of drug-likeness (QED) is 0.745. The molecule has 2 heteroatoms. The lowest BCUT2D eigenvalue weighted by Gasteiger charge is -2.19. The van der Waals surface area contributed by atoms with Gasteiger partial charge in [0, 0.05) is 18.7 Å². The molecule has 1 aliphatic rings. The van der Waals surface area contributed by atoms with Gasteiger partial charge in [-0.15, -0.1) is 0 Å². The molecule has 0 spiro atoms. The van der Waals surface area contributed by atoms with Gasteiger partial charge in [-0.05, 0) is 34.7 Å². The summed E-state index contributed by atoms with van der Waals surface area (Å²) in [4.78, 5) is 4.34. The second kappa shape index (κ2) is 4.78. The van der Waals surface area contributed by atoms with Gasteiger partial charge in [0.05, 0.1) is 5.69 Å². The van der Waals surface area contributed by atoms with Crippen molar-refractivity contribution >= 4 is 11.9 Å². The van der Waals surface area contributed by atoms with Crippen LogP contribution < -0.4 is 4.74 Å². The van der Waals surface area contributed by atoms with Gasteiger partial charge in [0.1, 0.15) is 11.5 Å². The molecule has 1 aliphatic heterocycles. The van der Waals surface area contributed by atoms with Crippen molar-refractivity contribution in [2.24, 2.45) is 4.99 Å². The van der Waals surface area contributed by atoms with Gasteiger partial charge in [-0.2, -0.15) is 0 Å². The first kappa shape index (κ1) is 12.9. The van der Waals surface area contributed by atoms with Crippen molar-refractivity contribution in [3.8, 4) is 11.5 Å². The largest absolute Gasteiger partial charge is 0.457 e. The standard InChI is InChI=1S/C18H19NO/c1-18(2,3)14-5-8-15(9-6-14)20-16-7-4-13-10-11-19-17(13)12-16/h4-9,11-12H,10H2,1-3H3. The van der Waals surface area contributed by atoms with Crippen molar-refractivity contribution in [3.63, 3.8) is 0 Å². The van der Waals surface area contributed by atoms with Crippen LogP contribution >= 0.6 is 0 Å². The average Bonchev–Trinajstić information content (AvgIpc) is 2.86. The maximum absolute atomic E-state index is 5.90. The smallest absolute Gasteiger partial charge is 0.129 e. The Kier molecular flexibility index (Phi) is 3.09. The summed E-state index contributed by atoms with van der Waals surface area (Å²) >= 11 is 0. The van der Waals surface area contributed by atoms with E-state index in [1.54, 1.807) is 0 Å². The molecule has 20 heavy (non-hydrogen) atoms. The summed E-state index contributed by atoms with van der Waals surface area (Å²) in [6, 6.07) is 14.4. The van der Waals surface area contributed by atoms with Crippen LogP contribution in [0.2, 0.25) is 0 Å². The van der Waals surface area contributed by atoms with Crippen molar-refractivity contribution in [2.45, 2.75) is 32.6 Å². The van der Waals surface area contributed by atoms with Crippen LogP contribution in [-0.4, -0.2) is 6.21 Å². The third-order valence-electron chi connectivity index (χ3n) is 3.55.